The summed E-state index contributed by atoms with van der Waals surface area (Å²) in [4.78, 5) is 12.4. The maximum atomic E-state index is 12.4. The number of rotatable bonds is 4. The van der Waals surface area contributed by atoms with Crippen LogP contribution in [0.15, 0.2) is 63.3 Å². The van der Waals surface area contributed by atoms with E-state index in [2.05, 4.69) is 0 Å². The Balaban J connectivity index is 2.14. The van der Waals surface area contributed by atoms with Crippen LogP contribution in [0.4, 0.5) is 0 Å². The van der Waals surface area contributed by atoms with Gasteiger partial charge in [0.05, 0.1) is 0 Å². The Bertz CT molecular complexity index is 996. The number of phenolic OH excluding ortho intramolecular Hbond substituents is 1. The predicted octanol–water partition coefficient (Wildman–Crippen LogP) is 4.22. The fraction of sp³-hybridized carbons (Fsp3) is 0.150. The lowest BCUT2D eigenvalue weighted by atomic mass is 10.1. The molecule has 0 spiro atoms. The molecule has 0 saturated heterocycles. The van der Waals surface area contributed by atoms with Gasteiger partial charge in [0.1, 0.15) is 29.1 Å². The van der Waals surface area contributed by atoms with Gasteiger partial charge in [-0.1, -0.05) is 35.9 Å². The summed E-state index contributed by atoms with van der Waals surface area (Å²) in [6.45, 7) is 4.24. The molecule has 1 heterocycles. The first-order valence-electron chi connectivity index (χ1n) is 7.81. The Morgan fingerprint density at radius 1 is 1.16 bits per heavy atom. The Morgan fingerprint density at radius 2 is 1.88 bits per heavy atom. The van der Waals surface area contributed by atoms with Crippen LogP contribution in [0.3, 0.4) is 0 Å². The smallest absolute Gasteiger partial charge is 0.238 e. The summed E-state index contributed by atoms with van der Waals surface area (Å²) >= 11 is 0. The summed E-state index contributed by atoms with van der Waals surface area (Å²) < 4.78 is 11.3. The van der Waals surface area contributed by atoms with Crippen LogP contribution in [0.25, 0.3) is 22.3 Å². The number of benzene rings is 2. The monoisotopic (exact) mass is 338 g/mol. The first kappa shape index (κ1) is 16.6. The highest BCUT2D eigenvalue weighted by Gasteiger charge is 2.18. The van der Waals surface area contributed by atoms with Gasteiger partial charge in [-0.15, -0.1) is 0 Å². The largest absolute Gasteiger partial charge is 0.507 e. The minimum absolute atomic E-state index is 0.0546. The molecule has 0 radical (unpaired) electrons. The van der Waals surface area contributed by atoms with Gasteiger partial charge < -0.3 is 19.4 Å². The Morgan fingerprint density at radius 3 is 2.56 bits per heavy atom. The summed E-state index contributed by atoms with van der Waals surface area (Å²) in [7, 11) is 0. The van der Waals surface area contributed by atoms with Gasteiger partial charge in [0.25, 0.3) is 0 Å². The van der Waals surface area contributed by atoms with Gasteiger partial charge >= 0.3 is 0 Å². The standard InChI is InChI=1S/C20H18O5/c1-12(2)8-9-24-14-10-15(21)17-16(11-14)25-20(19(23)18(17)22)13-6-4-3-5-7-13/h3-8,10-11,21,23H,9H2,1-2H3. The van der Waals surface area contributed by atoms with E-state index in [1.807, 2.05) is 26.0 Å². The van der Waals surface area contributed by atoms with Crippen molar-refractivity contribution in [3.8, 4) is 28.6 Å². The van der Waals surface area contributed by atoms with Crippen molar-refractivity contribution in [3.63, 3.8) is 0 Å². The lowest BCUT2D eigenvalue weighted by Crippen LogP contribution is -2.03. The molecule has 0 unspecified atom stereocenters. The molecule has 5 heteroatoms. The van der Waals surface area contributed by atoms with E-state index in [1.54, 1.807) is 24.3 Å². The van der Waals surface area contributed by atoms with E-state index in [0.717, 1.165) is 5.57 Å². The summed E-state index contributed by atoms with van der Waals surface area (Å²) in [6, 6.07) is 11.7. The third kappa shape index (κ3) is 3.35. The van der Waals surface area contributed by atoms with Crippen molar-refractivity contribution >= 4 is 11.0 Å². The van der Waals surface area contributed by atoms with Crippen molar-refractivity contribution in [1.82, 2.24) is 0 Å². The molecule has 25 heavy (non-hydrogen) atoms. The van der Waals surface area contributed by atoms with Crippen LogP contribution >= 0.6 is 0 Å². The highest BCUT2D eigenvalue weighted by atomic mass is 16.5. The number of hydrogen-bond donors (Lipinski definition) is 2. The second-order valence-electron chi connectivity index (χ2n) is 5.88. The predicted molar refractivity (Wildman–Crippen MR) is 96.2 cm³/mol. The second kappa shape index (κ2) is 6.73. The topological polar surface area (TPSA) is 79.9 Å². The van der Waals surface area contributed by atoms with Gasteiger partial charge in [0.2, 0.25) is 11.2 Å². The van der Waals surface area contributed by atoms with Gasteiger partial charge in [-0.25, -0.2) is 0 Å². The molecule has 3 rings (SSSR count). The number of hydrogen-bond acceptors (Lipinski definition) is 5. The van der Waals surface area contributed by atoms with Crippen LogP contribution in [-0.2, 0) is 0 Å². The average molecular weight is 338 g/mol. The van der Waals surface area contributed by atoms with Crippen LogP contribution in [0.1, 0.15) is 13.8 Å². The molecule has 1 aromatic heterocycles. The maximum absolute atomic E-state index is 12.4. The third-order valence-corrected chi connectivity index (χ3v) is 3.70. The van der Waals surface area contributed by atoms with Crippen LogP contribution in [-0.4, -0.2) is 16.8 Å². The van der Waals surface area contributed by atoms with Crippen LogP contribution < -0.4 is 10.2 Å². The molecule has 3 aromatic rings. The van der Waals surface area contributed by atoms with E-state index in [1.165, 1.54) is 12.1 Å². The molecule has 0 aliphatic rings. The van der Waals surface area contributed by atoms with Crippen molar-refractivity contribution < 1.29 is 19.4 Å². The number of ether oxygens (including phenoxy) is 1. The highest BCUT2D eigenvalue weighted by Crippen LogP contribution is 2.35. The zero-order chi connectivity index (χ0) is 18.0. The van der Waals surface area contributed by atoms with Crippen LogP contribution in [0, 0.1) is 0 Å². The Labute approximate surface area is 144 Å². The summed E-state index contributed by atoms with van der Waals surface area (Å²) in [5.41, 5.74) is 1.13. The molecule has 0 aliphatic heterocycles. The van der Waals surface area contributed by atoms with Gasteiger partial charge in [-0.2, -0.15) is 0 Å². The number of fused-ring (bicyclic) bond motifs is 1. The Kier molecular flexibility index (Phi) is 4.48. The van der Waals surface area contributed by atoms with E-state index in [-0.39, 0.29) is 22.5 Å². The normalized spacial score (nSPS) is 10.6. The van der Waals surface area contributed by atoms with Crippen molar-refractivity contribution in [1.29, 1.82) is 0 Å². The van der Waals surface area contributed by atoms with E-state index in [0.29, 0.717) is 17.9 Å². The molecule has 0 atom stereocenters. The zero-order valence-electron chi connectivity index (χ0n) is 13.9. The second-order valence-corrected chi connectivity index (χ2v) is 5.88. The zero-order valence-corrected chi connectivity index (χ0v) is 13.9. The van der Waals surface area contributed by atoms with Gasteiger partial charge in [-0.05, 0) is 19.9 Å². The number of allylic oxidation sites excluding steroid dienone is 1. The van der Waals surface area contributed by atoms with Gasteiger partial charge in [0, 0.05) is 17.7 Å². The third-order valence-electron chi connectivity index (χ3n) is 3.70. The molecule has 0 saturated carbocycles. The number of aromatic hydroxyl groups is 2. The minimum Gasteiger partial charge on any atom is -0.507 e. The summed E-state index contributed by atoms with van der Waals surface area (Å²) in [5, 5.41) is 20.3. The fourth-order valence-electron chi connectivity index (χ4n) is 2.44. The first-order chi connectivity index (χ1) is 12.0. The van der Waals surface area contributed by atoms with Crippen LogP contribution in [0.2, 0.25) is 0 Å². The minimum atomic E-state index is -0.687. The molecule has 5 nitrogen and oxygen atoms in total. The average Bonchev–Trinajstić information content (AvgIpc) is 2.58. The molecule has 0 fully saturated rings. The van der Waals surface area contributed by atoms with Gasteiger partial charge in [-0.3, -0.25) is 4.79 Å². The lowest BCUT2D eigenvalue weighted by molar-refractivity contribution is 0.358. The van der Waals surface area contributed by atoms with E-state index in [4.69, 9.17) is 9.15 Å². The van der Waals surface area contributed by atoms with Crippen molar-refractivity contribution in [2.45, 2.75) is 13.8 Å². The number of phenols is 1. The summed E-state index contributed by atoms with van der Waals surface area (Å²) in [5.74, 6) is -0.408. The lowest BCUT2D eigenvalue weighted by Gasteiger charge is -2.09. The van der Waals surface area contributed by atoms with Crippen LogP contribution in [0.5, 0.6) is 17.2 Å². The molecule has 0 bridgehead atoms. The van der Waals surface area contributed by atoms with E-state index >= 15 is 0 Å². The molecule has 2 aromatic carbocycles. The Hall–Kier alpha value is -3.21. The quantitative estimate of drug-likeness (QED) is 0.696. The van der Waals surface area contributed by atoms with E-state index in [9.17, 15) is 15.0 Å². The SMILES string of the molecule is CC(C)=CCOc1cc(O)c2c(=O)c(O)c(-c3ccccc3)oc2c1. The fourth-order valence-corrected chi connectivity index (χ4v) is 2.44. The molecular weight excluding hydrogens is 320 g/mol. The summed E-state index contributed by atoms with van der Waals surface area (Å²) in [6.07, 6.45) is 1.89. The molecule has 0 amide bonds. The van der Waals surface area contributed by atoms with Crippen molar-refractivity contribution in [2.24, 2.45) is 0 Å². The van der Waals surface area contributed by atoms with Gasteiger partial charge in [0.15, 0.2) is 5.76 Å². The maximum Gasteiger partial charge on any atom is 0.238 e. The van der Waals surface area contributed by atoms with Crippen molar-refractivity contribution in [2.75, 3.05) is 6.61 Å². The molecular formula is C20H18O5. The highest BCUT2D eigenvalue weighted by molar-refractivity contribution is 5.88. The molecule has 2 N–H and O–H groups in total. The first-order valence-corrected chi connectivity index (χ1v) is 7.81. The van der Waals surface area contributed by atoms with E-state index < -0.39 is 11.2 Å². The molecule has 0 aliphatic carbocycles. The molecule has 128 valence electrons. The van der Waals surface area contributed by atoms with Crippen molar-refractivity contribution in [3.05, 3.63) is 64.3 Å².